The minimum Gasteiger partial charge on any atom is -0.309 e. The number of fused-ring (bicyclic) bond motifs is 10. The molecule has 0 aliphatic carbocycles. The Morgan fingerprint density at radius 3 is 1.45 bits per heavy atom. The van der Waals surface area contributed by atoms with Gasteiger partial charge in [-0.05, 0) is 71.8 Å². The molecule has 0 saturated carbocycles. The van der Waals surface area contributed by atoms with Gasteiger partial charge < -0.3 is 13.7 Å². The zero-order valence-corrected chi connectivity index (χ0v) is 27.7. The van der Waals surface area contributed by atoms with E-state index in [4.69, 9.17) is 0 Å². The van der Waals surface area contributed by atoms with Crippen LogP contribution in [0.4, 0.5) is 0 Å². The predicted molar refractivity (Wildman–Crippen MR) is 215 cm³/mol. The first-order valence-corrected chi connectivity index (χ1v) is 17.5. The lowest BCUT2D eigenvalue weighted by atomic mass is 10.1. The van der Waals surface area contributed by atoms with E-state index in [0.717, 1.165) is 17.1 Å². The fraction of sp³-hybridized carbons (Fsp3) is 0. The molecule has 0 amide bonds. The van der Waals surface area contributed by atoms with Crippen molar-refractivity contribution in [1.82, 2.24) is 13.7 Å². The lowest BCUT2D eigenvalue weighted by Crippen LogP contribution is -1.97. The summed E-state index contributed by atoms with van der Waals surface area (Å²) in [5, 5.41) is 7.52. The molecular formula is C48H31N3. The highest BCUT2D eigenvalue weighted by molar-refractivity contribution is 6.26. The minimum absolute atomic E-state index is 1.14. The largest absolute Gasteiger partial charge is 0.309 e. The molecular weight excluding hydrogens is 619 g/mol. The highest BCUT2D eigenvalue weighted by atomic mass is 15.0. The molecule has 0 fully saturated rings. The normalized spacial score (nSPS) is 11.9. The maximum Gasteiger partial charge on any atom is 0.0641 e. The summed E-state index contributed by atoms with van der Waals surface area (Å²) in [7, 11) is 0. The summed E-state index contributed by atoms with van der Waals surface area (Å²) in [6, 6.07) is 68.4. The molecule has 0 aliphatic heterocycles. The maximum absolute atomic E-state index is 2.49. The van der Waals surface area contributed by atoms with Gasteiger partial charge >= 0.3 is 0 Å². The molecule has 3 heterocycles. The lowest BCUT2D eigenvalue weighted by Gasteiger charge is -2.12. The molecule has 51 heavy (non-hydrogen) atoms. The summed E-state index contributed by atoms with van der Waals surface area (Å²) in [4.78, 5) is 0. The molecule has 0 saturated heterocycles. The molecule has 3 nitrogen and oxygen atoms in total. The molecule has 0 aliphatic rings. The number of benzene rings is 8. The third kappa shape index (κ3) is 4.06. The predicted octanol–water partition coefficient (Wildman–Crippen LogP) is 12.6. The highest BCUT2D eigenvalue weighted by Crippen LogP contribution is 2.43. The Balaban J connectivity index is 1.23. The van der Waals surface area contributed by atoms with Crippen molar-refractivity contribution in [2.45, 2.75) is 0 Å². The molecule has 0 N–H and O–H groups in total. The van der Waals surface area contributed by atoms with E-state index in [-0.39, 0.29) is 0 Å². The van der Waals surface area contributed by atoms with Gasteiger partial charge in [0.1, 0.15) is 0 Å². The van der Waals surface area contributed by atoms with Crippen LogP contribution in [-0.2, 0) is 0 Å². The van der Waals surface area contributed by atoms with Gasteiger partial charge in [0.25, 0.3) is 0 Å². The van der Waals surface area contributed by atoms with Crippen molar-refractivity contribution in [1.29, 1.82) is 0 Å². The zero-order valence-electron chi connectivity index (χ0n) is 27.7. The standard InChI is InChI=1S/C48H31N3/c1-3-13-32(14-4-1)33-23-25-35(26-24-33)49-44-22-12-9-19-41(44)47-45(49)30-29-40-38-18-8-11-21-43(38)51(48(40)47)36-27-28-39-37-17-7-10-20-42(37)50(46(39)31-36)34-15-5-2-6-16-34/h1-31H. The topological polar surface area (TPSA) is 14.8 Å². The van der Waals surface area contributed by atoms with Crippen molar-refractivity contribution in [3.05, 3.63) is 188 Å². The molecule has 11 aromatic rings. The summed E-state index contributed by atoms with van der Waals surface area (Å²) < 4.78 is 7.33. The van der Waals surface area contributed by atoms with Gasteiger partial charge in [0.2, 0.25) is 0 Å². The van der Waals surface area contributed by atoms with Crippen LogP contribution in [0.5, 0.6) is 0 Å². The number of hydrogen-bond acceptors (Lipinski definition) is 0. The van der Waals surface area contributed by atoms with Crippen molar-refractivity contribution in [2.75, 3.05) is 0 Å². The van der Waals surface area contributed by atoms with Crippen LogP contribution < -0.4 is 0 Å². The molecule has 0 radical (unpaired) electrons. The van der Waals surface area contributed by atoms with Crippen LogP contribution in [-0.4, -0.2) is 13.7 Å². The highest BCUT2D eigenvalue weighted by Gasteiger charge is 2.22. The first-order chi connectivity index (χ1) is 25.3. The Labute approximate surface area is 294 Å². The molecule has 3 heteroatoms. The van der Waals surface area contributed by atoms with Crippen LogP contribution in [0, 0.1) is 0 Å². The van der Waals surface area contributed by atoms with Crippen LogP contribution in [0.1, 0.15) is 0 Å². The summed E-state index contributed by atoms with van der Waals surface area (Å²) in [6.07, 6.45) is 0. The molecule has 0 spiro atoms. The van der Waals surface area contributed by atoms with E-state index in [1.165, 1.54) is 76.5 Å². The van der Waals surface area contributed by atoms with Crippen molar-refractivity contribution in [3.8, 4) is 28.2 Å². The van der Waals surface area contributed by atoms with Gasteiger partial charge in [-0.15, -0.1) is 0 Å². The van der Waals surface area contributed by atoms with Crippen LogP contribution in [0.15, 0.2) is 188 Å². The Morgan fingerprint density at radius 2 is 0.725 bits per heavy atom. The van der Waals surface area contributed by atoms with Crippen molar-refractivity contribution in [3.63, 3.8) is 0 Å². The monoisotopic (exact) mass is 649 g/mol. The molecule has 3 aromatic heterocycles. The van der Waals surface area contributed by atoms with Gasteiger partial charge in [-0.2, -0.15) is 0 Å². The number of aromatic nitrogens is 3. The van der Waals surface area contributed by atoms with E-state index < -0.39 is 0 Å². The second kappa shape index (κ2) is 10.8. The van der Waals surface area contributed by atoms with Crippen molar-refractivity contribution < 1.29 is 0 Å². The fourth-order valence-electron chi connectivity index (χ4n) is 8.44. The molecule has 8 aromatic carbocycles. The van der Waals surface area contributed by atoms with Crippen LogP contribution in [0.3, 0.4) is 0 Å². The first-order valence-electron chi connectivity index (χ1n) is 17.5. The van der Waals surface area contributed by atoms with Gasteiger partial charge in [0, 0.05) is 49.4 Å². The minimum atomic E-state index is 1.14. The van der Waals surface area contributed by atoms with E-state index >= 15 is 0 Å². The van der Waals surface area contributed by atoms with E-state index in [1.54, 1.807) is 0 Å². The lowest BCUT2D eigenvalue weighted by molar-refractivity contribution is 1.16. The first kappa shape index (κ1) is 28.0. The van der Waals surface area contributed by atoms with E-state index in [1.807, 2.05) is 0 Å². The average Bonchev–Trinajstić information content (AvgIpc) is 3.84. The number of rotatable bonds is 4. The smallest absolute Gasteiger partial charge is 0.0641 e. The summed E-state index contributed by atoms with van der Waals surface area (Å²) >= 11 is 0. The average molecular weight is 650 g/mol. The Bertz CT molecular complexity index is 3110. The summed E-state index contributed by atoms with van der Waals surface area (Å²) in [5.41, 5.74) is 13.1. The number of hydrogen-bond donors (Lipinski definition) is 0. The molecule has 0 unspecified atom stereocenters. The van der Waals surface area contributed by atoms with Crippen molar-refractivity contribution in [2.24, 2.45) is 0 Å². The fourth-order valence-corrected chi connectivity index (χ4v) is 8.44. The Kier molecular flexibility index (Phi) is 5.96. The van der Waals surface area contributed by atoms with E-state index in [9.17, 15) is 0 Å². The molecule has 0 bridgehead atoms. The third-order valence-electron chi connectivity index (χ3n) is 10.6. The second-order valence-corrected chi connectivity index (χ2v) is 13.4. The summed E-state index contributed by atoms with van der Waals surface area (Å²) in [5.74, 6) is 0. The maximum atomic E-state index is 2.49. The van der Waals surface area contributed by atoms with Crippen LogP contribution in [0.25, 0.3) is 93.6 Å². The van der Waals surface area contributed by atoms with Crippen molar-refractivity contribution >= 4 is 65.4 Å². The number of nitrogens with zero attached hydrogens (tertiary/aromatic N) is 3. The Morgan fingerprint density at radius 1 is 0.255 bits per heavy atom. The SMILES string of the molecule is c1ccc(-c2ccc(-n3c4ccccc4c4c3ccc3c5ccccc5n(-c5ccc6c7ccccc7n(-c7ccccc7)c6c5)c34)cc2)cc1. The summed E-state index contributed by atoms with van der Waals surface area (Å²) in [6.45, 7) is 0. The Hall–Kier alpha value is -6.84. The number of para-hydroxylation sites is 4. The van der Waals surface area contributed by atoms with Crippen LogP contribution in [0.2, 0.25) is 0 Å². The quantitative estimate of drug-likeness (QED) is 0.180. The van der Waals surface area contributed by atoms with Gasteiger partial charge in [0.05, 0.1) is 33.1 Å². The second-order valence-electron chi connectivity index (χ2n) is 13.4. The van der Waals surface area contributed by atoms with Gasteiger partial charge in [-0.25, -0.2) is 0 Å². The van der Waals surface area contributed by atoms with E-state index in [2.05, 4.69) is 202 Å². The molecule has 238 valence electrons. The third-order valence-corrected chi connectivity index (χ3v) is 10.6. The van der Waals surface area contributed by atoms with Crippen LogP contribution >= 0.6 is 0 Å². The van der Waals surface area contributed by atoms with E-state index in [0.29, 0.717) is 0 Å². The molecule has 11 rings (SSSR count). The molecule has 0 atom stereocenters. The van der Waals surface area contributed by atoms with Gasteiger partial charge in [-0.1, -0.05) is 127 Å². The van der Waals surface area contributed by atoms with Gasteiger partial charge in [-0.3, -0.25) is 0 Å². The van der Waals surface area contributed by atoms with Gasteiger partial charge in [0.15, 0.2) is 0 Å². The zero-order chi connectivity index (χ0) is 33.5.